The summed E-state index contributed by atoms with van der Waals surface area (Å²) in [4.78, 5) is 40.1. The first kappa shape index (κ1) is 27.2. The van der Waals surface area contributed by atoms with Gasteiger partial charge in [0.15, 0.2) is 0 Å². The zero-order valence-electron chi connectivity index (χ0n) is 18.8. The number of nitrogens with zero attached hydrogens (tertiary/aromatic N) is 1. The summed E-state index contributed by atoms with van der Waals surface area (Å²) in [5, 5.41) is 17.7. The Morgan fingerprint density at radius 1 is 1.06 bits per heavy atom. The number of nitrogens with one attached hydrogen (secondary N) is 3. The third kappa shape index (κ3) is 5.52. The molecule has 0 saturated heterocycles. The van der Waals surface area contributed by atoms with Crippen molar-refractivity contribution >= 4 is 35.8 Å². The molecule has 1 aliphatic heterocycles. The molecule has 34 heavy (non-hydrogen) atoms. The summed E-state index contributed by atoms with van der Waals surface area (Å²) in [5.74, 6) is -3.95. The maximum Gasteiger partial charge on any atom is 0.252 e. The number of fused-ring (bicyclic) bond motifs is 1. The molecule has 0 aromatic heterocycles. The van der Waals surface area contributed by atoms with Crippen molar-refractivity contribution in [2.75, 3.05) is 12.4 Å². The van der Waals surface area contributed by atoms with Crippen molar-refractivity contribution in [2.24, 2.45) is 0 Å². The normalized spacial score (nSPS) is 17.1. The Balaban J connectivity index is 0.00000408. The fraction of sp³-hybridized carbons (Fsp3) is 0.348. The minimum Gasteiger partial charge on any atom is -0.391 e. The van der Waals surface area contributed by atoms with Crippen LogP contribution < -0.4 is 16.0 Å². The molecule has 184 valence electrons. The SMILES string of the molecule is CN[C@@H](C)C(=O)N[C@H](C(=O)N1Cc2ccccc2C1C(=O)Nc1c(F)cccc1F)[C@@H](C)O.Cl. The topological polar surface area (TPSA) is 111 Å². The van der Waals surface area contributed by atoms with Gasteiger partial charge >= 0.3 is 0 Å². The number of anilines is 1. The van der Waals surface area contributed by atoms with E-state index >= 15 is 0 Å². The molecule has 8 nitrogen and oxygen atoms in total. The molecular weight excluding hydrogens is 470 g/mol. The van der Waals surface area contributed by atoms with Crippen LogP contribution in [0.3, 0.4) is 0 Å². The second-order valence-electron chi connectivity index (χ2n) is 7.89. The van der Waals surface area contributed by atoms with E-state index < -0.39 is 59.3 Å². The maximum atomic E-state index is 14.1. The molecule has 0 saturated carbocycles. The van der Waals surface area contributed by atoms with Crippen LogP contribution in [0.25, 0.3) is 0 Å². The van der Waals surface area contributed by atoms with Crippen molar-refractivity contribution in [1.29, 1.82) is 0 Å². The number of benzene rings is 2. The van der Waals surface area contributed by atoms with Gasteiger partial charge in [0, 0.05) is 6.54 Å². The summed E-state index contributed by atoms with van der Waals surface area (Å²) in [6, 6.07) is 6.80. The van der Waals surface area contributed by atoms with Gasteiger partial charge in [-0.3, -0.25) is 14.4 Å². The van der Waals surface area contributed by atoms with Crippen LogP contribution in [-0.2, 0) is 20.9 Å². The summed E-state index contributed by atoms with van der Waals surface area (Å²) in [5.41, 5.74) is 0.529. The largest absolute Gasteiger partial charge is 0.391 e. The number of carbonyl (C=O) groups excluding carboxylic acids is 3. The van der Waals surface area contributed by atoms with Gasteiger partial charge in [-0.15, -0.1) is 12.4 Å². The lowest BCUT2D eigenvalue weighted by Gasteiger charge is -2.30. The number of amides is 3. The minimum atomic E-state index is -1.33. The van der Waals surface area contributed by atoms with E-state index in [-0.39, 0.29) is 19.0 Å². The first-order chi connectivity index (χ1) is 15.6. The number of hydrogen-bond acceptors (Lipinski definition) is 5. The van der Waals surface area contributed by atoms with Gasteiger partial charge in [-0.1, -0.05) is 30.3 Å². The van der Waals surface area contributed by atoms with Crippen molar-refractivity contribution < 1.29 is 28.3 Å². The average Bonchev–Trinajstić information content (AvgIpc) is 3.18. The highest BCUT2D eigenvalue weighted by Crippen LogP contribution is 2.35. The van der Waals surface area contributed by atoms with E-state index in [1.54, 1.807) is 38.2 Å². The second-order valence-corrected chi connectivity index (χ2v) is 7.89. The smallest absolute Gasteiger partial charge is 0.252 e. The third-order valence-electron chi connectivity index (χ3n) is 5.62. The number of carbonyl (C=O) groups is 3. The van der Waals surface area contributed by atoms with E-state index in [0.29, 0.717) is 11.1 Å². The summed E-state index contributed by atoms with van der Waals surface area (Å²) in [6.07, 6.45) is -1.26. The highest BCUT2D eigenvalue weighted by Gasteiger charge is 2.42. The van der Waals surface area contributed by atoms with Crippen LogP contribution in [0.15, 0.2) is 42.5 Å². The van der Waals surface area contributed by atoms with Crippen molar-refractivity contribution in [3.8, 4) is 0 Å². The molecule has 1 heterocycles. The molecule has 2 aromatic carbocycles. The highest BCUT2D eigenvalue weighted by atomic mass is 35.5. The van der Waals surface area contributed by atoms with Crippen LogP contribution in [0.4, 0.5) is 14.5 Å². The first-order valence-electron chi connectivity index (χ1n) is 10.4. The number of aliphatic hydroxyl groups excluding tert-OH is 1. The number of halogens is 3. The lowest BCUT2D eigenvalue weighted by atomic mass is 10.0. The Bertz CT molecular complexity index is 1050. The minimum absolute atomic E-state index is 0. The third-order valence-corrected chi connectivity index (χ3v) is 5.62. The zero-order valence-corrected chi connectivity index (χ0v) is 19.7. The molecule has 0 spiro atoms. The Kier molecular flexibility index (Phi) is 9.08. The van der Waals surface area contributed by atoms with Crippen molar-refractivity contribution in [2.45, 2.75) is 44.6 Å². The van der Waals surface area contributed by atoms with Crippen molar-refractivity contribution in [3.63, 3.8) is 0 Å². The number of likely N-dealkylation sites (N-methyl/N-ethyl adjacent to an activating group) is 1. The molecule has 0 aliphatic carbocycles. The highest BCUT2D eigenvalue weighted by molar-refractivity contribution is 6.00. The number of hydrogen-bond donors (Lipinski definition) is 4. The average molecular weight is 497 g/mol. The molecule has 0 bridgehead atoms. The molecule has 3 rings (SSSR count). The lowest BCUT2D eigenvalue weighted by Crippen LogP contribution is -2.56. The Morgan fingerprint density at radius 2 is 1.68 bits per heavy atom. The van der Waals surface area contributed by atoms with Gasteiger partial charge in [0.05, 0.1) is 12.1 Å². The molecule has 2 aromatic rings. The Labute approximate surface area is 202 Å². The van der Waals surface area contributed by atoms with Gasteiger partial charge in [0.2, 0.25) is 11.8 Å². The quantitative estimate of drug-likeness (QED) is 0.468. The molecule has 3 amide bonds. The summed E-state index contributed by atoms with van der Waals surface area (Å²) >= 11 is 0. The van der Waals surface area contributed by atoms with E-state index in [4.69, 9.17) is 0 Å². The van der Waals surface area contributed by atoms with Gasteiger partial charge in [0.25, 0.3) is 5.91 Å². The summed E-state index contributed by atoms with van der Waals surface area (Å²) < 4.78 is 28.2. The van der Waals surface area contributed by atoms with Crippen LogP contribution in [0.2, 0.25) is 0 Å². The van der Waals surface area contributed by atoms with Crippen molar-refractivity contribution in [3.05, 3.63) is 65.2 Å². The van der Waals surface area contributed by atoms with E-state index in [0.717, 1.165) is 12.1 Å². The lowest BCUT2D eigenvalue weighted by molar-refractivity contribution is -0.144. The van der Waals surface area contributed by atoms with E-state index in [9.17, 15) is 28.3 Å². The standard InChI is InChI=1S/C23H26F2N4O4.ClH/c1-12(26-3)21(31)27-18(13(2)30)23(33)29-11-14-7-4-5-8-15(14)20(29)22(32)28-19-16(24)9-6-10-17(19)25;/h4-10,12-13,18,20,26,30H,11H2,1-3H3,(H,27,31)(H,28,32);1H/t12-,13+,18-,20?;/m0./s1. The molecular formula is C23H27ClF2N4O4. The monoisotopic (exact) mass is 496 g/mol. The number of para-hydroxylation sites is 1. The second kappa shape index (κ2) is 11.4. The van der Waals surface area contributed by atoms with Crippen LogP contribution >= 0.6 is 12.4 Å². The maximum absolute atomic E-state index is 14.1. The van der Waals surface area contributed by atoms with E-state index in [1.807, 2.05) is 0 Å². The number of aliphatic hydroxyl groups is 1. The Morgan fingerprint density at radius 3 is 2.26 bits per heavy atom. The first-order valence-corrected chi connectivity index (χ1v) is 10.4. The summed E-state index contributed by atoms with van der Waals surface area (Å²) in [6.45, 7) is 2.96. The van der Waals surface area contributed by atoms with Gasteiger partial charge in [-0.2, -0.15) is 0 Å². The molecule has 1 unspecified atom stereocenters. The summed E-state index contributed by atoms with van der Waals surface area (Å²) in [7, 11) is 1.57. The molecule has 4 N–H and O–H groups in total. The Hall–Kier alpha value is -3.08. The molecule has 1 aliphatic rings. The van der Waals surface area contributed by atoms with Gasteiger partial charge in [0.1, 0.15) is 29.4 Å². The fourth-order valence-electron chi connectivity index (χ4n) is 3.66. The van der Waals surface area contributed by atoms with Crippen molar-refractivity contribution in [1.82, 2.24) is 15.5 Å². The molecule has 0 radical (unpaired) electrons. The van der Waals surface area contributed by atoms with Crippen LogP contribution in [-0.4, -0.2) is 53.0 Å². The van der Waals surface area contributed by atoms with Crippen LogP contribution in [0, 0.1) is 11.6 Å². The van der Waals surface area contributed by atoms with E-state index in [2.05, 4.69) is 16.0 Å². The fourth-order valence-corrected chi connectivity index (χ4v) is 3.66. The molecule has 4 atom stereocenters. The van der Waals surface area contributed by atoms with Crippen LogP contribution in [0.5, 0.6) is 0 Å². The predicted molar refractivity (Wildman–Crippen MR) is 124 cm³/mol. The van der Waals surface area contributed by atoms with Crippen LogP contribution in [0.1, 0.15) is 31.0 Å². The van der Waals surface area contributed by atoms with Gasteiger partial charge < -0.3 is 26.0 Å². The number of rotatable bonds is 7. The van der Waals surface area contributed by atoms with Gasteiger partial charge in [-0.25, -0.2) is 8.78 Å². The van der Waals surface area contributed by atoms with E-state index in [1.165, 1.54) is 17.9 Å². The van der Waals surface area contributed by atoms with Gasteiger partial charge in [-0.05, 0) is 44.2 Å². The molecule has 11 heteroatoms. The zero-order chi connectivity index (χ0) is 24.3. The molecule has 0 fully saturated rings. The predicted octanol–water partition coefficient (Wildman–Crippen LogP) is 1.88.